The van der Waals surface area contributed by atoms with Crippen molar-refractivity contribution in [3.05, 3.63) is 76.3 Å². The summed E-state index contributed by atoms with van der Waals surface area (Å²) in [5, 5.41) is 17.2. The first-order valence-corrected chi connectivity index (χ1v) is 10.9. The predicted molar refractivity (Wildman–Crippen MR) is 113 cm³/mol. The number of thiazole rings is 1. The topological polar surface area (TPSA) is 116 Å². The third kappa shape index (κ3) is 3.75. The molecule has 0 aliphatic rings. The summed E-state index contributed by atoms with van der Waals surface area (Å²) < 4.78 is 24.9. The Labute approximate surface area is 170 Å². The van der Waals surface area contributed by atoms with E-state index in [2.05, 4.69) is 11.1 Å². The largest absolute Gasteiger partial charge is 0.270 e. The van der Waals surface area contributed by atoms with Crippen LogP contribution >= 0.6 is 11.3 Å². The van der Waals surface area contributed by atoms with E-state index in [1.807, 2.05) is 31.2 Å². The number of rotatable bonds is 4. The molecule has 0 bridgehead atoms. The van der Waals surface area contributed by atoms with E-state index in [4.69, 9.17) is 5.14 Å². The fourth-order valence-electron chi connectivity index (χ4n) is 3.05. The van der Waals surface area contributed by atoms with Gasteiger partial charge in [0, 0.05) is 23.3 Å². The second-order valence-electron chi connectivity index (χ2n) is 6.55. The molecule has 0 aliphatic carbocycles. The van der Waals surface area contributed by atoms with Crippen LogP contribution < -0.4 is 5.14 Å². The molecule has 0 fully saturated rings. The van der Waals surface area contributed by atoms with Gasteiger partial charge in [-0.2, -0.15) is 0 Å². The number of nitro groups is 1. The SMILES string of the molecule is Cc1ccc2nc(-c3ccc(-c4cc([N+](=O)[O-])ccc4S(N)(=O)=O)cc3)sc2c1. The van der Waals surface area contributed by atoms with Gasteiger partial charge >= 0.3 is 0 Å². The van der Waals surface area contributed by atoms with Crippen molar-refractivity contribution in [3.8, 4) is 21.7 Å². The molecular weight excluding hydrogens is 410 g/mol. The number of hydrogen-bond donors (Lipinski definition) is 1. The lowest BCUT2D eigenvalue weighted by Gasteiger charge is -2.08. The first-order chi connectivity index (χ1) is 13.7. The molecule has 4 rings (SSSR count). The monoisotopic (exact) mass is 425 g/mol. The van der Waals surface area contributed by atoms with E-state index in [-0.39, 0.29) is 16.1 Å². The Balaban J connectivity index is 1.79. The van der Waals surface area contributed by atoms with Gasteiger partial charge in [-0.15, -0.1) is 11.3 Å². The molecule has 1 heterocycles. The molecule has 0 saturated heterocycles. The van der Waals surface area contributed by atoms with Crippen LogP contribution in [0.15, 0.2) is 65.6 Å². The molecule has 2 N–H and O–H groups in total. The molecule has 29 heavy (non-hydrogen) atoms. The van der Waals surface area contributed by atoms with E-state index in [0.717, 1.165) is 38.5 Å². The zero-order valence-corrected chi connectivity index (χ0v) is 16.8. The summed E-state index contributed by atoms with van der Waals surface area (Å²) in [6, 6.07) is 16.6. The Hall–Kier alpha value is -3.14. The number of primary sulfonamides is 1. The number of hydrogen-bond acceptors (Lipinski definition) is 6. The average molecular weight is 425 g/mol. The molecule has 146 valence electrons. The van der Waals surface area contributed by atoms with Crippen LogP contribution in [-0.2, 0) is 10.0 Å². The summed E-state index contributed by atoms with van der Waals surface area (Å²) in [7, 11) is -4.04. The maximum Gasteiger partial charge on any atom is 0.270 e. The third-order valence-electron chi connectivity index (χ3n) is 4.47. The van der Waals surface area contributed by atoms with Crippen LogP contribution in [0.25, 0.3) is 31.9 Å². The van der Waals surface area contributed by atoms with Crippen molar-refractivity contribution in [1.82, 2.24) is 4.98 Å². The van der Waals surface area contributed by atoms with Crippen LogP contribution in [0.4, 0.5) is 5.69 Å². The number of nitrogens with two attached hydrogens (primary N) is 1. The van der Waals surface area contributed by atoms with Crippen LogP contribution in [0, 0.1) is 17.0 Å². The highest BCUT2D eigenvalue weighted by atomic mass is 32.2. The fraction of sp³-hybridized carbons (Fsp3) is 0.0500. The molecule has 0 spiro atoms. The van der Waals surface area contributed by atoms with Gasteiger partial charge in [0.2, 0.25) is 10.0 Å². The smallest absolute Gasteiger partial charge is 0.258 e. The number of aryl methyl sites for hydroxylation is 1. The van der Waals surface area contributed by atoms with Gasteiger partial charge in [0.05, 0.1) is 20.0 Å². The first-order valence-electron chi connectivity index (χ1n) is 8.51. The molecule has 3 aromatic carbocycles. The van der Waals surface area contributed by atoms with Crippen molar-refractivity contribution in [1.29, 1.82) is 0 Å². The summed E-state index contributed by atoms with van der Waals surface area (Å²) in [6.07, 6.45) is 0. The molecule has 0 aliphatic heterocycles. The summed E-state index contributed by atoms with van der Waals surface area (Å²) in [4.78, 5) is 15.0. The maximum absolute atomic E-state index is 11.9. The molecule has 9 heteroatoms. The highest BCUT2D eigenvalue weighted by Gasteiger charge is 2.19. The number of nitro benzene ring substituents is 1. The summed E-state index contributed by atoms with van der Waals surface area (Å²) >= 11 is 1.56. The highest BCUT2D eigenvalue weighted by Crippen LogP contribution is 2.34. The third-order valence-corrected chi connectivity index (χ3v) is 6.50. The quantitative estimate of drug-likeness (QED) is 0.382. The molecule has 0 radical (unpaired) electrons. The van der Waals surface area contributed by atoms with Gasteiger partial charge in [0.15, 0.2) is 0 Å². The minimum absolute atomic E-state index is 0.161. The lowest BCUT2D eigenvalue weighted by Crippen LogP contribution is -2.13. The van der Waals surface area contributed by atoms with Crippen molar-refractivity contribution in [2.24, 2.45) is 5.14 Å². The van der Waals surface area contributed by atoms with E-state index < -0.39 is 14.9 Å². The molecule has 0 atom stereocenters. The summed E-state index contributed by atoms with van der Waals surface area (Å²) in [5.74, 6) is 0. The van der Waals surface area contributed by atoms with Crippen molar-refractivity contribution in [2.45, 2.75) is 11.8 Å². The van der Waals surface area contributed by atoms with E-state index in [1.54, 1.807) is 23.5 Å². The molecule has 0 saturated carbocycles. The van der Waals surface area contributed by atoms with Gasteiger partial charge in [-0.3, -0.25) is 10.1 Å². The summed E-state index contributed by atoms with van der Waals surface area (Å²) in [6.45, 7) is 2.02. The lowest BCUT2D eigenvalue weighted by molar-refractivity contribution is -0.384. The molecule has 4 aromatic rings. The van der Waals surface area contributed by atoms with Gasteiger partial charge in [0.1, 0.15) is 5.01 Å². The van der Waals surface area contributed by atoms with Gasteiger partial charge in [-0.25, -0.2) is 18.5 Å². The Morgan fingerprint density at radius 3 is 2.34 bits per heavy atom. The zero-order chi connectivity index (χ0) is 20.8. The number of non-ortho nitro benzene ring substituents is 1. The number of sulfonamides is 1. The van der Waals surface area contributed by atoms with Crippen molar-refractivity contribution in [2.75, 3.05) is 0 Å². The van der Waals surface area contributed by atoms with Crippen molar-refractivity contribution >= 4 is 37.3 Å². The van der Waals surface area contributed by atoms with E-state index in [9.17, 15) is 18.5 Å². The zero-order valence-electron chi connectivity index (χ0n) is 15.2. The molecule has 1 aromatic heterocycles. The molecule has 7 nitrogen and oxygen atoms in total. The van der Waals surface area contributed by atoms with Crippen molar-refractivity contribution < 1.29 is 13.3 Å². The Morgan fingerprint density at radius 1 is 1.00 bits per heavy atom. The standard InChI is InChI=1S/C20H15N3O4S2/c1-12-2-8-17-18(10-12)28-20(22-17)14-5-3-13(4-6-14)16-11-15(23(24)25)7-9-19(16)29(21,26)27/h2-11H,1H3,(H2,21,26,27). The number of benzene rings is 3. The van der Waals surface area contributed by atoms with Crippen LogP contribution in [0.5, 0.6) is 0 Å². The van der Waals surface area contributed by atoms with E-state index in [0.29, 0.717) is 5.56 Å². The Morgan fingerprint density at radius 2 is 1.69 bits per heavy atom. The Kier molecular flexibility index (Phi) is 4.65. The number of fused-ring (bicyclic) bond motifs is 1. The lowest BCUT2D eigenvalue weighted by atomic mass is 10.0. The van der Waals surface area contributed by atoms with Gasteiger partial charge in [-0.05, 0) is 36.2 Å². The molecule has 0 unspecified atom stereocenters. The number of aromatic nitrogens is 1. The van der Waals surface area contributed by atoms with Crippen LogP contribution in [0.3, 0.4) is 0 Å². The van der Waals surface area contributed by atoms with Gasteiger partial charge in [0.25, 0.3) is 5.69 Å². The molecule has 0 amide bonds. The second-order valence-corrected chi connectivity index (χ2v) is 9.11. The van der Waals surface area contributed by atoms with E-state index in [1.165, 1.54) is 6.07 Å². The minimum atomic E-state index is -4.04. The second kappa shape index (κ2) is 7.03. The number of nitrogens with zero attached hydrogens (tertiary/aromatic N) is 2. The van der Waals surface area contributed by atoms with Crippen LogP contribution in [0.1, 0.15) is 5.56 Å². The first kappa shape index (κ1) is 19.2. The van der Waals surface area contributed by atoms with Gasteiger partial charge in [-0.1, -0.05) is 30.3 Å². The summed E-state index contributed by atoms with van der Waals surface area (Å²) in [5.41, 5.74) is 3.43. The normalized spacial score (nSPS) is 11.7. The fourth-order valence-corrected chi connectivity index (χ4v) is 4.86. The molecular formula is C20H15N3O4S2. The highest BCUT2D eigenvalue weighted by molar-refractivity contribution is 7.89. The van der Waals surface area contributed by atoms with Crippen LogP contribution in [0.2, 0.25) is 0 Å². The maximum atomic E-state index is 11.9. The van der Waals surface area contributed by atoms with E-state index >= 15 is 0 Å². The van der Waals surface area contributed by atoms with Gasteiger partial charge < -0.3 is 0 Å². The minimum Gasteiger partial charge on any atom is -0.258 e. The van der Waals surface area contributed by atoms with Crippen LogP contribution in [-0.4, -0.2) is 18.3 Å². The average Bonchev–Trinajstić information content (AvgIpc) is 3.10. The van der Waals surface area contributed by atoms with Crippen molar-refractivity contribution in [3.63, 3.8) is 0 Å². The Bertz CT molecular complexity index is 1360. The predicted octanol–water partition coefficient (Wildman–Crippen LogP) is 4.49.